The minimum absolute atomic E-state index is 0.106. The van der Waals surface area contributed by atoms with Gasteiger partial charge in [-0.25, -0.2) is 9.97 Å². The number of aliphatic carboxylic acids is 1. The van der Waals surface area contributed by atoms with E-state index in [1.54, 1.807) is 6.20 Å². The van der Waals surface area contributed by atoms with Crippen molar-refractivity contribution in [2.75, 3.05) is 5.32 Å². The van der Waals surface area contributed by atoms with Crippen molar-refractivity contribution in [3.05, 3.63) is 18.0 Å². The summed E-state index contributed by atoms with van der Waals surface area (Å²) in [6.07, 6.45) is 5.25. The maximum atomic E-state index is 11.5. The average molecular weight is 249 g/mol. The van der Waals surface area contributed by atoms with Gasteiger partial charge in [-0.3, -0.25) is 4.79 Å². The summed E-state index contributed by atoms with van der Waals surface area (Å²) in [5.41, 5.74) is 0.145. The summed E-state index contributed by atoms with van der Waals surface area (Å²) in [7, 11) is 0. The van der Waals surface area contributed by atoms with Gasteiger partial charge >= 0.3 is 5.97 Å². The molecule has 0 radical (unpaired) electrons. The van der Waals surface area contributed by atoms with Gasteiger partial charge < -0.3 is 10.4 Å². The molecule has 0 spiro atoms. The number of aryl methyl sites for hydroxylation is 1. The molecule has 0 amide bonds. The highest BCUT2D eigenvalue weighted by Crippen LogP contribution is 2.37. The number of carbonyl (C=O) groups is 1. The minimum atomic E-state index is -0.743. The SMILES string of the molecule is Cc1ccnc(NC2CCCCC2(C)C(=O)O)n1. The Balaban J connectivity index is 2.18. The van der Waals surface area contributed by atoms with Crippen molar-refractivity contribution in [2.24, 2.45) is 5.41 Å². The fourth-order valence-electron chi connectivity index (χ4n) is 2.50. The minimum Gasteiger partial charge on any atom is -0.481 e. The molecule has 0 saturated heterocycles. The molecule has 1 saturated carbocycles. The van der Waals surface area contributed by atoms with Crippen molar-refractivity contribution in [1.82, 2.24) is 9.97 Å². The van der Waals surface area contributed by atoms with Crippen molar-refractivity contribution in [3.63, 3.8) is 0 Å². The molecule has 98 valence electrons. The lowest BCUT2D eigenvalue weighted by Gasteiger charge is -2.38. The molecule has 1 aliphatic carbocycles. The van der Waals surface area contributed by atoms with Gasteiger partial charge in [0.2, 0.25) is 5.95 Å². The molecule has 2 atom stereocenters. The number of hydrogen-bond acceptors (Lipinski definition) is 4. The molecule has 18 heavy (non-hydrogen) atoms. The maximum Gasteiger partial charge on any atom is 0.311 e. The van der Waals surface area contributed by atoms with Crippen LogP contribution in [0, 0.1) is 12.3 Å². The van der Waals surface area contributed by atoms with Crippen LogP contribution in [-0.4, -0.2) is 27.1 Å². The zero-order valence-electron chi connectivity index (χ0n) is 10.8. The van der Waals surface area contributed by atoms with E-state index in [9.17, 15) is 9.90 Å². The maximum absolute atomic E-state index is 11.5. The van der Waals surface area contributed by atoms with Crippen molar-refractivity contribution >= 4 is 11.9 Å². The lowest BCUT2D eigenvalue weighted by atomic mass is 9.72. The van der Waals surface area contributed by atoms with Gasteiger partial charge in [0.05, 0.1) is 5.41 Å². The standard InChI is InChI=1S/C13H19N3O2/c1-9-6-8-14-12(15-9)16-10-5-3-4-7-13(10,2)11(17)18/h6,8,10H,3-5,7H2,1-2H3,(H,17,18)(H,14,15,16). The topological polar surface area (TPSA) is 75.1 Å². The largest absolute Gasteiger partial charge is 0.481 e. The lowest BCUT2D eigenvalue weighted by molar-refractivity contribution is -0.150. The number of carboxylic acid groups (broad SMARTS) is 1. The van der Waals surface area contributed by atoms with Gasteiger partial charge in [-0.2, -0.15) is 0 Å². The quantitative estimate of drug-likeness (QED) is 0.859. The molecule has 1 aliphatic rings. The van der Waals surface area contributed by atoms with Crippen molar-refractivity contribution in [1.29, 1.82) is 0 Å². The molecule has 1 aromatic rings. The molecule has 0 aromatic carbocycles. The van der Waals surface area contributed by atoms with Crippen LogP contribution in [-0.2, 0) is 4.79 Å². The molecule has 1 fully saturated rings. The number of aromatic nitrogens is 2. The van der Waals surface area contributed by atoms with Crippen LogP contribution in [0.4, 0.5) is 5.95 Å². The smallest absolute Gasteiger partial charge is 0.311 e. The van der Waals surface area contributed by atoms with E-state index in [0.717, 1.165) is 25.0 Å². The van der Waals surface area contributed by atoms with E-state index in [0.29, 0.717) is 12.4 Å². The molecule has 5 heteroatoms. The van der Waals surface area contributed by atoms with E-state index in [-0.39, 0.29) is 6.04 Å². The summed E-state index contributed by atoms with van der Waals surface area (Å²) in [5, 5.41) is 12.6. The lowest BCUT2D eigenvalue weighted by Crippen LogP contribution is -2.46. The highest BCUT2D eigenvalue weighted by Gasteiger charge is 2.43. The van der Waals surface area contributed by atoms with Gasteiger partial charge in [0, 0.05) is 17.9 Å². The summed E-state index contributed by atoms with van der Waals surface area (Å²) in [6, 6.07) is 1.72. The first-order valence-electron chi connectivity index (χ1n) is 6.32. The molecular weight excluding hydrogens is 230 g/mol. The summed E-state index contributed by atoms with van der Waals surface area (Å²) in [5.74, 6) is -0.221. The fourth-order valence-corrected chi connectivity index (χ4v) is 2.50. The molecule has 0 bridgehead atoms. The predicted octanol–water partition coefficient (Wildman–Crippen LogP) is 2.23. The van der Waals surface area contributed by atoms with Crippen LogP contribution in [0.1, 0.15) is 38.3 Å². The Morgan fingerprint density at radius 3 is 3.00 bits per heavy atom. The van der Waals surface area contributed by atoms with E-state index in [4.69, 9.17) is 0 Å². The first kappa shape index (κ1) is 12.8. The number of anilines is 1. The molecule has 5 nitrogen and oxygen atoms in total. The number of hydrogen-bond donors (Lipinski definition) is 2. The Kier molecular flexibility index (Phi) is 3.50. The molecule has 2 rings (SSSR count). The van der Waals surface area contributed by atoms with Crippen LogP contribution in [0.5, 0.6) is 0 Å². The van der Waals surface area contributed by atoms with E-state index in [1.807, 2.05) is 19.9 Å². The van der Waals surface area contributed by atoms with Crippen LogP contribution < -0.4 is 5.32 Å². The third kappa shape index (κ3) is 2.44. The Labute approximate surface area is 107 Å². The summed E-state index contributed by atoms with van der Waals surface area (Å²) < 4.78 is 0. The number of nitrogens with one attached hydrogen (secondary N) is 1. The van der Waals surface area contributed by atoms with Crippen LogP contribution in [0.2, 0.25) is 0 Å². The summed E-state index contributed by atoms with van der Waals surface area (Å²) >= 11 is 0. The van der Waals surface area contributed by atoms with Gasteiger partial charge in [-0.15, -0.1) is 0 Å². The number of carboxylic acids is 1. The third-order valence-corrected chi connectivity index (χ3v) is 3.79. The van der Waals surface area contributed by atoms with Crippen molar-refractivity contribution in [2.45, 2.75) is 45.6 Å². The molecule has 0 aliphatic heterocycles. The number of rotatable bonds is 3. The Morgan fingerprint density at radius 1 is 1.56 bits per heavy atom. The molecular formula is C13H19N3O2. The van der Waals surface area contributed by atoms with Crippen molar-refractivity contribution < 1.29 is 9.90 Å². The molecule has 1 aromatic heterocycles. The highest BCUT2D eigenvalue weighted by molar-refractivity contribution is 5.76. The third-order valence-electron chi connectivity index (χ3n) is 3.79. The monoisotopic (exact) mass is 249 g/mol. The van der Waals surface area contributed by atoms with Crippen LogP contribution in [0.15, 0.2) is 12.3 Å². The van der Waals surface area contributed by atoms with E-state index >= 15 is 0 Å². The van der Waals surface area contributed by atoms with E-state index in [1.165, 1.54) is 0 Å². The van der Waals surface area contributed by atoms with Gasteiger partial charge in [0.1, 0.15) is 0 Å². The zero-order chi connectivity index (χ0) is 13.2. The average Bonchev–Trinajstić information content (AvgIpc) is 2.32. The fraction of sp³-hybridized carbons (Fsp3) is 0.615. The second kappa shape index (κ2) is 4.92. The van der Waals surface area contributed by atoms with Crippen LogP contribution in [0.25, 0.3) is 0 Å². The van der Waals surface area contributed by atoms with Gasteiger partial charge in [0.15, 0.2) is 0 Å². The summed E-state index contributed by atoms with van der Waals surface area (Å²) in [6.45, 7) is 3.70. The van der Waals surface area contributed by atoms with Gasteiger partial charge in [0.25, 0.3) is 0 Å². The van der Waals surface area contributed by atoms with Crippen LogP contribution >= 0.6 is 0 Å². The van der Waals surface area contributed by atoms with Crippen molar-refractivity contribution in [3.8, 4) is 0 Å². The Morgan fingerprint density at radius 2 is 2.33 bits per heavy atom. The normalized spacial score (nSPS) is 27.8. The zero-order valence-corrected chi connectivity index (χ0v) is 10.8. The Hall–Kier alpha value is -1.65. The first-order valence-corrected chi connectivity index (χ1v) is 6.32. The second-order valence-corrected chi connectivity index (χ2v) is 5.19. The van der Waals surface area contributed by atoms with E-state index < -0.39 is 11.4 Å². The molecule has 2 unspecified atom stereocenters. The molecule has 1 heterocycles. The van der Waals surface area contributed by atoms with Gasteiger partial charge in [-0.1, -0.05) is 12.8 Å². The first-order chi connectivity index (χ1) is 8.52. The van der Waals surface area contributed by atoms with Crippen LogP contribution in [0.3, 0.4) is 0 Å². The second-order valence-electron chi connectivity index (χ2n) is 5.19. The van der Waals surface area contributed by atoms with Gasteiger partial charge in [-0.05, 0) is 32.8 Å². The predicted molar refractivity (Wildman–Crippen MR) is 68.4 cm³/mol. The number of nitrogens with zero attached hydrogens (tertiary/aromatic N) is 2. The highest BCUT2D eigenvalue weighted by atomic mass is 16.4. The van der Waals surface area contributed by atoms with E-state index in [2.05, 4.69) is 15.3 Å². The summed E-state index contributed by atoms with van der Waals surface area (Å²) in [4.78, 5) is 19.9. The molecule has 2 N–H and O–H groups in total. The Bertz CT molecular complexity index is 450.